The van der Waals surface area contributed by atoms with E-state index in [0.29, 0.717) is 25.1 Å². The van der Waals surface area contributed by atoms with Gasteiger partial charge in [0.1, 0.15) is 5.60 Å². The summed E-state index contributed by atoms with van der Waals surface area (Å²) >= 11 is 1.42. The second-order valence-electron chi connectivity index (χ2n) is 5.91. The van der Waals surface area contributed by atoms with Crippen molar-refractivity contribution in [1.82, 2.24) is 4.90 Å². The van der Waals surface area contributed by atoms with Gasteiger partial charge in [0.05, 0.1) is 5.56 Å². The van der Waals surface area contributed by atoms with Crippen LogP contribution in [0.5, 0.6) is 0 Å². The minimum Gasteiger partial charge on any atom is -0.478 e. The first-order valence-corrected chi connectivity index (χ1v) is 7.63. The van der Waals surface area contributed by atoms with Crippen LogP contribution in [-0.2, 0) is 4.74 Å². The van der Waals surface area contributed by atoms with Crippen LogP contribution in [0, 0.1) is 0 Å². The monoisotopic (exact) mass is 309 g/mol. The first-order chi connectivity index (χ1) is 9.76. The lowest BCUT2D eigenvalue weighted by atomic mass is 10.1. The molecule has 0 bridgehead atoms. The van der Waals surface area contributed by atoms with Gasteiger partial charge in [-0.2, -0.15) is 0 Å². The lowest BCUT2D eigenvalue weighted by molar-refractivity contribution is 0.0270. The maximum atomic E-state index is 11.9. The average molecular weight is 309 g/mol. The van der Waals surface area contributed by atoms with E-state index in [4.69, 9.17) is 9.84 Å². The largest absolute Gasteiger partial charge is 0.478 e. The third-order valence-corrected chi connectivity index (χ3v) is 4.03. The van der Waals surface area contributed by atoms with E-state index in [-0.39, 0.29) is 6.09 Å². The Bertz CT molecular complexity index is 583. The van der Waals surface area contributed by atoms with Crippen LogP contribution in [0.3, 0.4) is 0 Å². The van der Waals surface area contributed by atoms with Gasteiger partial charge in [-0.1, -0.05) is 6.08 Å². The summed E-state index contributed by atoms with van der Waals surface area (Å²) in [6.45, 7) is 6.60. The number of carboxylic acid groups (broad SMARTS) is 1. The Labute approximate surface area is 127 Å². The van der Waals surface area contributed by atoms with Crippen molar-refractivity contribution in [2.24, 2.45) is 0 Å². The van der Waals surface area contributed by atoms with E-state index in [9.17, 15) is 9.59 Å². The number of rotatable bonds is 2. The fourth-order valence-electron chi connectivity index (χ4n) is 2.00. The standard InChI is InChI=1S/C15H19NO4S/c1-15(2,3)20-14(19)16-6-4-10(5-7-16)12-8-11(9-21-12)13(17)18/h4,8-9H,5-7H2,1-3H3,(H,17,18). The zero-order chi connectivity index (χ0) is 15.6. The minimum absolute atomic E-state index is 0.310. The summed E-state index contributed by atoms with van der Waals surface area (Å²) in [4.78, 5) is 25.4. The molecule has 2 rings (SSSR count). The topological polar surface area (TPSA) is 66.8 Å². The van der Waals surface area contributed by atoms with E-state index in [0.717, 1.165) is 10.5 Å². The normalized spacial score (nSPS) is 15.6. The maximum Gasteiger partial charge on any atom is 0.410 e. The molecule has 0 saturated carbocycles. The number of nitrogens with zero attached hydrogens (tertiary/aromatic N) is 1. The number of amides is 1. The van der Waals surface area contributed by atoms with Crippen molar-refractivity contribution < 1.29 is 19.4 Å². The first-order valence-electron chi connectivity index (χ1n) is 6.75. The zero-order valence-electron chi connectivity index (χ0n) is 12.4. The Hall–Kier alpha value is -1.82. The molecule has 1 aromatic heterocycles. The van der Waals surface area contributed by atoms with Crippen LogP contribution in [0.2, 0.25) is 0 Å². The van der Waals surface area contributed by atoms with Gasteiger partial charge in [-0.05, 0) is 38.8 Å². The summed E-state index contributed by atoms with van der Waals surface area (Å²) in [7, 11) is 0. The molecular formula is C15H19NO4S. The Morgan fingerprint density at radius 2 is 2.10 bits per heavy atom. The molecule has 6 heteroatoms. The van der Waals surface area contributed by atoms with Crippen molar-refractivity contribution >= 4 is 29.0 Å². The Balaban J connectivity index is 2.01. The van der Waals surface area contributed by atoms with Gasteiger partial charge in [-0.15, -0.1) is 11.3 Å². The second kappa shape index (κ2) is 5.89. The van der Waals surface area contributed by atoms with Crippen LogP contribution in [0.25, 0.3) is 5.57 Å². The molecule has 0 radical (unpaired) electrons. The summed E-state index contributed by atoms with van der Waals surface area (Å²) in [6, 6.07) is 1.68. The average Bonchev–Trinajstić information content (AvgIpc) is 2.86. The molecule has 5 nitrogen and oxygen atoms in total. The van der Waals surface area contributed by atoms with Gasteiger partial charge < -0.3 is 14.7 Å². The number of hydrogen-bond donors (Lipinski definition) is 1. The Kier molecular flexibility index (Phi) is 4.37. The summed E-state index contributed by atoms with van der Waals surface area (Å²) < 4.78 is 5.34. The molecule has 1 aliphatic rings. The molecule has 0 saturated heterocycles. The fraction of sp³-hybridized carbons (Fsp3) is 0.467. The Morgan fingerprint density at radius 3 is 2.57 bits per heavy atom. The molecule has 0 unspecified atom stereocenters. The van der Waals surface area contributed by atoms with Crippen molar-refractivity contribution in [3.8, 4) is 0 Å². The SMILES string of the molecule is CC(C)(C)OC(=O)N1CC=C(c2cc(C(=O)O)cs2)CC1. The molecule has 2 heterocycles. The number of thiophene rings is 1. The van der Waals surface area contributed by atoms with E-state index in [2.05, 4.69) is 0 Å². The molecule has 1 amide bonds. The van der Waals surface area contributed by atoms with Crippen molar-refractivity contribution in [1.29, 1.82) is 0 Å². The van der Waals surface area contributed by atoms with Gasteiger partial charge in [0.25, 0.3) is 0 Å². The highest BCUT2D eigenvalue weighted by molar-refractivity contribution is 7.11. The number of carbonyl (C=O) groups excluding carboxylic acids is 1. The number of aromatic carboxylic acids is 1. The minimum atomic E-state index is -0.913. The smallest absolute Gasteiger partial charge is 0.410 e. The molecule has 0 fully saturated rings. The fourth-order valence-corrected chi connectivity index (χ4v) is 2.96. The van der Waals surface area contributed by atoms with E-state index in [1.807, 2.05) is 26.8 Å². The molecule has 114 valence electrons. The molecular weight excluding hydrogens is 290 g/mol. The predicted octanol–water partition coefficient (Wildman–Crippen LogP) is 3.47. The summed E-state index contributed by atoms with van der Waals surface area (Å²) in [5.74, 6) is -0.913. The number of carbonyl (C=O) groups is 2. The maximum absolute atomic E-state index is 11.9. The van der Waals surface area contributed by atoms with Crippen molar-refractivity contribution in [3.63, 3.8) is 0 Å². The van der Waals surface area contributed by atoms with Gasteiger partial charge in [0.15, 0.2) is 0 Å². The van der Waals surface area contributed by atoms with Crippen molar-refractivity contribution in [2.75, 3.05) is 13.1 Å². The van der Waals surface area contributed by atoms with Crippen LogP contribution >= 0.6 is 11.3 Å². The zero-order valence-corrected chi connectivity index (χ0v) is 13.2. The van der Waals surface area contributed by atoms with E-state index in [1.54, 1.807) is 16.3 Å². The van der Waals surface area contributed by atoms with E-state index >= 15 is 0 Å². The third kappa shape index (κ3) is 4.07. The molecule has 0 aromatic carbocycles. The highest BCUT2D eigenvalue weighted by Crippen LogP contribution is 2.28. The van der Waals surface area contributed by atoms with Gasteiger partial charge in [-0.3, -0.25) is 0 Å². The second-order valence-corrected chi connectivity index (χ2v) is 6.82. The van der Waals surface area contributed by atoms with Crippen LogP contribution in [-0.4, -0.2) is 40.8 Å². The third-order valence-electron chi connectivity index (χ3n) is 3.02. The Morgan fingerprint density at radius 1 is 1.38 bits per heavy atom. The highest BCUT2D eigenvalue weighted by atomic mass is 32.1. The molecule has 0 atom stereocenters. The van der Waals surface area contributed by atoms with Crippen molar-refractivity contribution in [3.05, 3.63) is 28.0 Å². The van der Waals surface area contributed by atoms with Crippen LogP contribution in [0.1, 0.15) is 42.4 Å². The van der Waals surface area contributed by atoms with E-state index in [1.165, 1.54) is 11.3 Å². The lowest BCUT2D eigenvalue weighted by Gasteiger charge is -2.29. The van der Waals surface area contributed by atoms with Gasteiger partial charge >= 0.3 is 12.1 Å². The number of carboxylic acids is 1. The number of hydrogen-bond acceptors (Lipinski definition) is 4. The molecule has 1 aromatic rings. The molecule has 1 aliphatic heterocycles. The first kappa shape index (κ1) is 15.6. The highest BCUT2D eigenvalue weighted by Gasteiger charge is 2.24. The van der Waals surface area contributed by atoms with Crippen molar-refractivity contribution in [2.45, 2.75) is 32.8 Å². The van der Waals surface area contributed by atoms with Gasteiger partial charge in [0, 0.05) is 23.3 Å². The molecule has 0 spiro atoms. The lowest BCUT2D eigenvalue weighted by Crippen LogP contribution is -2.39. The van der Waals surface area contributed by atoms with Crippen LogP contribution in [0.15, 0.2) is 17.5 Å². The van der Waals surface area contributed by atoms with Gasteiger partial charge in [0.2, 0.25) is 0 Å². The molecule has 0 aliphatic carbocycles. The summed E-state index contributed by atoms with van der Waals surface area (Å²) in [5.41, 5.74) is 0.906. The predicted molar refractivity (Wildman–Crippen MR) is 81.7 cm³/mol. The summed E-state index contributed by atoms with van der Waals surface area (Å²) in [6.07, 6.45) is 2.36. The van der Waals surface area contributed by atoms with Gasteiger partial charge in [-0.25, -0.2) is 9.59 Å². The van der Waals surface area contributed by atoms with Crippen LogP contribution in [0.4, 0.5) is 4.79 Å². The quantitative estimate of drug-likeness (QED) is 0.908. The van der Waals surface area contributed by atoms with Crippen LogP contribution < -0.4 is 0 Å². The molecule has 1 N–H and O–H groups in total. The molecule has 21 heavy (non-hydrogen) atoms. The van der Waals surface area contributed by atoms with E-state index < -0.39 is 11.6 Å². The summed E-state index contributed by atoms with van der Waals surface area (Å²) in [5, 5.41) is 10.6. The number of ether oxygens (including phenoxy) is 1.